The monoisotopic (exact) mass is 945 g/mol. The van der Waals surface area contributed by atoms with Crippen LogP contribution in [0.1, 0.15) is 90.1 Å². The Balaban J connectivity index is 0.00000512. The van der Waals surface area contributed by atoms with Gasteiger partial charge in [-0.25, -0.2) is 9.97 Å². The summed E-state index contributed by atoms with van der Waals surface area (Å²) in [7, 11) is 0. The minimum atomic E-state index is -0.245. The summed E-state index contributed by atoms with van der Waals surface area (Å²) >= 11 is 0. The van der Waals surface area contributed by atoms with Gasteiger partial charge in [-0.1, -0.05) is 146 Å². The maximum absolute atomic E-state index is 11.3. The minimum Gasteiger partial charge on any atom is -0.507 e. The Kier molecular flexibility index (Phi) is 10.5. The van der Waals surface area contributed by atoms with Gasteiger partial charge in [0.1, 0.15) is 11.4 Å². The van der Waals surface area contributed by atoms with Crippen LogP contribution in [0.15, 0.2) is 109 Å². The minimum absolute atomic E-state index is 0. The molecule has 3 heterocycles. The zero-order chi connectivity index (χ0) is 40.6. The van der Waals surface area contributed by atoms with Crippen molar-refractivity contribution in [3.05, 3.63) is 143 Å². The zero-order valence-electron chi connectivity index (χ0n) is 35.4. The molecule has 0 radical (unpaired) electrons. The summed E-state index contributed by atoms with van der Waals surface area (Å²) in [5, 5.41) is 14.6. The van der Waals surface area contributed by atoms with Crippen LogP contribution < -0.4 is 4.74 Å². The Morgan fingerprint density at radius 1 is 0.655 bits per heavy atom. The van der Waals surface area contributed by atoms with Gasteiger partial charge in [-0.3, -0.25) is 0 Å². The molecule has 0 atom stereocenters. The second-order valence-corrected chi connectivity index (χ2v) is 18.6. The smallest absolute Gasteiger partial charge is 0.238 e. The molecule has 0 aliphatic carbocycles. The number of rotatable bonds is 5. The summed E-state index contributed by atoms with van der Waals surface area (Å²) < 4.78 is 9.35. The van der Waals surface area contributed by atoms with Crippen LogP contribution in [0.3, 0.4) is 0 Å². The van der Waals surface area contributed by atoms with E-state index in [1.54, 1.807) is 6.07 Å². The fourth-order valence-electron chi connectivity index (χ4n) is 7.97. The van der Waals surface area contributed by atoms with Crippen LogP contribution in [-0.2, 0) is 37.3 Å². The Morgan fingerprint density at radius 2 is 1.33 bits per heavy atom. The van der Waals surface area contributed by atoms with Gasteiger partial charge in [0.05, 0.1) is 11.3 Å². The maximum atomic E-state index is 11.3. The first-order chi connectivity index (χ1) is 26.9. The molecule has 0 unspecified atom stereocenters. The van der Waals surface area contributed by atoms with Gasteiger partial charge in [0, 0.05) is 43.8 Å². The van der Waals surface area contributed by atoms with E-state index in [0.29, 0.717) is 23.0 Å². The van der Waals surface area contributed by atoms with Crippen LogP contribution in [0.25, 0.3) is 61.0 Å². The number of fused-ring (bicyclic) bond motifs is 6. The van der Waals surface area contributed by atoms with E-state index in [-0.39, 0.29) is 43.1 Å². The number of pyridine rings is 2. The average molecular weight is 946 g/mol. The Hall–Kier alpha value is -5.25. The van der Waals surface area contributed by atoms with Gasteiger partial charge in [0.2, 0.25) is 11.8 Å². The van der Waals surface area contributed by atoms with Crippen LogP contribution in [0.4, 0.5) is 0 Å². The molecule has 0 aliphatic rings. The number of imidazole rings is 1. The van der Waals surface area contributed by atoms with E-state index in [9.17, 15) is 5.11 Å². The van der Waals surface area contributed by atoms with Gasteiger partial charge >= 0.3 is 0 Å². The van der Waals surface area contributed by atoms with Crippen molar-refractivity contribution >= 4 is 27.3 Å². The first kappa shape index (κ1) is 40.9. The molecule has 3 aromatic heterocycles. The van der Waals surface area contributed by atoms with E-state index < -0.39 is 0 Å². The molecular formula is C52H52N3O2Pt-. The third-order valence-electron chi connectivity index (χ3n) is 11.1. The molecule has 298 valence electrons. The van der Waals surface area contributed by atoms with Crippen LogP contribution in [0.5, 0.6) is 17.5 Å². The van der Waals surface area contributed by atoms with Crippen molar-refractivity contribution in [3.63, 3.8) is 0 Å². The second kappa shape index (κ2) is 14.8. The molecule has 58 heavy (non-hydrogen) atoms. The van der Waals surface area contributed by atoms with Crippen molar-refractivity contribution < 1.29 is 30.9 Å². The number of para-hydroxylation sites is 1. The molecule has 0 aliphatic heterocycles. The first-order valence-electron chi connectivity index (χ1n) is 19.9. The maximum Gasteiger partial charge on any atom is 0.238 e. The van der Waals surface area contributed by atoms with Crippen molar-refractivity contribution in [2.75, 3.05) is 0 Å². The van der Waals surface area contributed by atoms with Crippen LogP contribution >= 0.6 is 0 Å². The fourth-order valence-corrected chi connectivity index (χ4v) is 7.97. The Morgan fingerprint density at radius 3 is 1.98 bits per heavy atom. The predicted octanol–water partition coefficient (Wildman–Crippen LogP) is 13.8. The second-order valence-electron chi connectivity index (χ2n) is 18.6. The molecule has 5 aromatic carbocycles. The van der Waals surface area contributed by atoms with Gasteiger partial charge in [-0.15, -0.1) is 23.3 Å². The van der Waals surface area contributed by atoms with E-state index in [1.807, 2.05) is 36.4 Å². The van der Waals surface area contributed by atoms with Gasteiger partial charge in [-0.05, 0) is 87.6 Å². The molecule has 0 spiro atoms. The number of benzene rings is 5. The quantitative estimate of drug-likeness (QED) is 0.138. The number of phenolic OH excluding ortho intramolecular Hbond substituents is 1. The number of hydrogen-bond donors (Lipinski definition) is 1. The zero-order valence-corrected chi connectivity index (χ0v) is 37.7. The predicted molar refractivity (Wildman–Crippen MR) is 237 cm³/mol. The number of phenols is 1. The molecule has 8 rings (SSSR count). The fraction of sp³-hybridized carbons (Fsp3) is 0.269. The van der Waals surface area contributed by atoms with Crippen molar-refractivity contribution in [2.24, 2.45) is 0 Å². The summed E-state index contributed by atoms with van der Waals surface area (Å²) in [5.74, 6) is 1.02. The van der Waals surface area contributed by atoms with E-state index >= 15 is 0 Å². The number of hydrogen-bond acceptors (Lipinski definition) is 4. The van der Waals surface area contributed by atoms with Gasteiger partial charge < -0.3 is 14.2 Å². The average Bonchev–Trinajstić information content (AvgIpc) is 3.52. The molecule has 8 aromatic rings. The van der Waals surface area contributed by atoms with Gasteiger partial charge in [-0.2, -0.15) is 0 Å². The normalized spacial score (nSPS) is 12.3. The van der Waals surface area contributed by atoms with E-state index in [0.717, 1.165) is 72.0 Å². The van der Waals surface area contributed by atoms with Crippen molar-refractivity contribution in [3.8, 4) is 51.2 Å². The number of aromatic hydroxyl groups is 1. The van der Waals surface area contributed by atoms with E-state index in [1.165, 1.54) is 5.56 Å². The third-order valence-corrected chi connectivity index (χ3v) is 11.1. The number of aryl methyl sites for hydroxylation is 2. The molecular weight excluding hydrogens is 894 g/mol. The Bertz CT molecular complexity index is 2830. The van der Waals surface area contributed by atoms with Gasteiger partial charge in [0.25, 0.3) is 0 Å². The van der Waals surface area contributed by atoms with Crippen LogP contribution in [-0.4, -0.2) is 19.5 Å². The van der Waals surface area contributed by atoms with Crippen molar-refractivity contribution in [1.29, 1.82) is 0 Å². The SMILES string of the molecule is Cc1cccc(C)c1-c1c(Oc2cc(C(C)(C)C)cc(-c3cc(-c4ccccc4)ccc3O)n2)nc2c3[c-]c(C(C)(C)C)cc(C(C)(C)C)c3c3ccccc3n12.[Pt]. The molecule has 1 N–H and O–H groups in total. The van der Waals surface area contributed by atoms with Crippen LogP contribution in [0, 0.1) is 19.9 Å². The first-order valence-corrected chi connectivity index (χ1v) is 19.9. The summed E-state index contributed by atoms with van der Waals surface area (Å²) in [6.45, 7) is 24.4. The van der Waals surface area contributed by atoms with E-state index in [2.05, 4.69) is 153 Å². The summed E-state index contributed by atoms with van der Waals surface area (Å²) in [6, 6.07) is 41.2. The van der Waals surface area contributed by atoms with Crippen LogP contribution in [0.2, 0.25) is 0 Å². The molecule has 0 saturated heterocycles. The molecule has 6 heteroatoms. The number of nitrogens with zero attached hydrogens (tertiary/aromatic N) is 3. The van der Waals surface area contributed by atoms with Crippen molar-refractivity contribution in [2.45, 2.75) is 92.4 Å². The standard InChI is InChI=1S/C52H52N3O2.Pt/c1-31-18-17-19-32(2)45(31)47-49(54-48-39-27-35(50(3,4)5)28-40(52(9,10)11)46(39)37-22-15-16-23-42(37)55(47)48)57-44-30-36(51(6,7)8)29-41(53-44)38-26-34(24-25-43(38)56)33-20-13-12-14-21-33;/h12-26,28-30,56H,1-11H3;/q-1;. The number of ether oxygens (including phenoxy) is 1. The molecule has 0 bridgehead atoms. The van der Waals surface area contributed by atoms with E-state index in [4.69, 9.17) is 14.7 Å². The summed E-state index contributed by atoms with van der Waals surface area (Å²) in [4.78, 5) is 10.6. The van der Waals surface area contributed by atoms with Gasteiger partial charge in [0.15, 0.2) is 0 Å². The topological polar surface area (TPSA) is 59.7 Å². The number of aromatic nitrogens is 3. The summed E-state index contributed by atoms with van der Waals surface area (Å²) in [6.07, 6.45) is 0. The largest absolute Gasteiger partial charge is 0.507 e. The molecule has 0 amide bonds. The third kappa shape index (κ3) is 7.35. The molecule has 0 fully saturated rings. The summed E-state index contributed by atoms with van der Waals surface area (Å²) in [5.41, 5.74) is 12.2. The molecule has 5 nitrogen and oxygen atoms in total. The molecule has 0 saturated carbocycles. The van der Waals surface area contributed by atoms with Crippen molar-refractivity contribution in [1.82, 2.24) is 14.4 Å². The Labute approximate surface area is 357 Å².